The van der Waals surface area contributed by atoms with E-state index in [2.05, 4.69) is 56.2 Å². The van der Waals surface area contributed by atoms with Crippen molar-refractivity contribution < 1.29 is 0 Å². The van der Waals surface area contributed by atoms with Crippen LogP contribution in [0.2, 0.25) is 0 Å². The zero-order chi connectivity index (χ0) is 11.7. The average molecular weight is 216 g/mol. The van der Waals surface area contributed by atoms with Crippen LogP contribution in [0, 0.1) is 13.8 Å². The molecule has 0 fully saturated rings. The molecule has 2 nitrogen and oxygen atoms in total. The second-order valence-electron chi connectivity index (χ2n) is 4.81. The van der Waals surface area contributed by atoms with E-state index in [0.29, 0.717) is 6.04 Å². The smallest absolute Gasteiger partial charge is 0.0461 e. The van der Waals surface area contributed by atoms with Crippen molar-refractivity contribution in [3.8, 4) is 0 Å². The molecule has 0 spiro atoms. The highest BCUT2D eigenvalue weighted by Crippen LogP contribution is 2.22. The minimum absolute atomic E-state index is 0.521. The van der Waals surface area contributed by atoms with Crippen LogP contribution in [-0.2, 0) is 6.54 Å². The van der Waals surface area contributed by atoms with E-state index in [-0.39, 0.29) is 0 Å². The summed E-state index contributed by atoms with van der Waals surface area (Å²) < 4.78 is 0. The molecule has 0 amide bonds. The Morgan fingerprint density at radius 2 is 2.00 bits per heavy atom. The number of fused-ring (bicyclic) bond motifs is 1. The topological polar surface area (TPSA) is 27.8 Å². The number of aryl methyl sites for hydroxylation is 2. The highest BCUT2D eigenvalue weighted by molar-refractivity contribution is 5.84. The first-order valence-corrected chi connectivity index (χ1v) is 5.89. The van der Waals surface area contributed by atoms with Crippen molar-refractivity contribution >= 4 is 10.9 Å². The molecule has 2 aromatic rings. The Morgan fingerprint density at radius 1 is 1.25 bits per heavy atom. The third-order valence-corrected chi connectivity index (χ3v) is 3.00. The van der Waals surface area contributed by atoms with Gasteiger partial charge in [0.05, 0.1) is 0 Å². The van der Waals surface area contributed by atoms with Crippen molar-refractivity contribution in [1.82, 2.24) is 10.3 Å². The second-order valence-corrected chi connectivity index (χ2v) is 4.81. The number of hydrogen-bond donors (Lipinski definition) is 2. The number of aromatic nitrogens is 1. The van der Waals surface area contributed by atoms with Crippen LogP contribution >= 0.6 is 0 Å². The van der Waals surface area contributed by atoms with E-state index < -0.39 is 0 Å². The zero-order valence-electron chi connectivity index (χ0n) is 10.5. The molecule has 2 rings (SSSR count). The summed E-state index contributed by atoms with van der Waals surface area (Å²) in [6, 6.07) is 7.10. The maximum absolute atomic E-state index is 3.50. The Morgan fingerprint density at radius 3 is 2.69 bits per heavy atom. The number of nitrogens with one attached hydrogen (secondary N) is 2. The molecule has 0 aliphatic rings. The van der Waals surface area contributed by atoms with E-state index in [1.807, 2.05) is 0 Å². The summed E-state index contributed by atoms with van der Waals surface area (Å²) in [4.78, 5) is 3.50. The Kier molecular flexibility index (Phi) is 3.01. The molecule has 1 aromatic carbocycles. The summed E-state index contributed by atoms with van der Waals surface area (Å²) in [5.41, 5.74) is 5.22. The van der Waals surface area contributed by atoms with Gasteiger partial charge >= 0.3 is 0 Å². The third-order valence-electron chi connectivity index (χ3n) is 3.00. The lowest BCUT2D eigenvalue weighted by Crippen LogP contribution is -2.22. The Bertz CT molecular complexity index is 495. The maximum atomic E-state index is 3.50. The molecule has 86 valence electrons. The number of benzene rings is 1. The number of H-pyrrole nitrogens is 1. The van der Waals surface area contributed by atoms with Gasteiger partial charge in [0.1, 0.15) is 0 Å². The van der Waals surface area contributed by atoms with Crippen LogP contribution < -0.4 is 5.32 Å². The van der Waals surface area contributed by atoms with Crippen molar-refractivity contribution in [1.29, 1.82) is 0 Å². The lowest BCUT2D eigenvalue weighted by atomic mass is 10.1. The van der Waals surface area contributed by atoms with Gasteiger partial charge in [-0.05, 0) is 31.0 Å². The van der Waals surface area contributed by atoms with Crippen molar-refractivity contribution in [2.75, 3.05) is 0 Å². The van der Waals surface area contributed by atoms with Crippen LogP contribution in [0.3, 0.4) is 0 Å². The Labute approximate surface area is 97.1 Å². The van der Waals surface area contributed by atoms with E-state index in [0.717, 1.165) is 6.54 Å². The maximum Gasteiger partial charge on any atom is 0.0461 e. The van der Waals surface area contributed by atoms with Crippen molar-refractivity contribution in [2.24, 2.45) is 0 Å². The molecule has 2 heteroatoms. The molecule has 0 saturated heterocycles. The molecule has 0 atom stereocenters. The summed E-state index contributed by atoms with van der Waals surface area (Å²) in [7, 11) is 0. The fourth-order valence-electron chi connectivity index (χ4n) is 1.99. The quantitative estimate of drug-likeness (QED) is 0.809. The first-order chi connectivity index (χ1) is 7.58. The van der Waals surface area contributed by atoms with Crippen LogP contribution in [0.25, 0.3) is 10.9 Å². The number of rotatable bonds is 3. The monoisotopic (exact) mass is 216 g/mol. The second kappa shape index (κ2) is 4.30. The SMILES string of the molecule is Cc1ccc2c(C)c(CNC(C)C)[nH]c2c1. The van der Waals surface area contributed by atoms with E-state index in [9.17, 15) is 0 Å². The fraction of sp³-hybridized carbons (Fsp3) is 0.429. The lowest BCUT2D eigenvalue weighted by molar-refractivity contribution is 0.582. The van der Waals surface area contributed by atoms with E-state index >= 15 is 0 Å². The minimum atomic E-state index is 0.521. The van der Waals surface area contributed by atoms with Gasteiger partial charge in [0.15, 0.2) is 0 Å². The molecule has 0 bridgehead atoms. The standard InChI is InChI=1S/C14H20N2/c1-9(2)15-8-14-11(4)12-6-5-10(3)7-13(12)16-14/h5-7,9,15-16H,8H2,1-4H3. The van der Waals surface area contributed by atoms with Gasteiger partial charge < -0.3 is 10.3 Å². The van der Waals surface area contributed by atoms with Crippen molar-refractivity contribution in [3.05, 3.63) is 35.0 Å². The molecular formula is C14H20N2. The molecule has 0 aliphatic heterocycles. The number of hydrogen-bond acceptors (Lipinski definition) is 1. The summed E-state index contributed by atoms with van der Waals surface area (Å²) >= 11 is 0. The van der Waals surface area contributed by atoms with Crippen molar-refractivity contribution in [2.45, 2.75) is 40.3 Å². The van der Waals surface area contributed by atoms with Gasteiger partial charge in [-0.15, -0.1) is 0 Å². The van der Waals surface area contributed by atoms with E-state index in [1.54, 1.807) is 0 Å². The van der Waals surface area contributed by atoms with Gasteiger partial charge in [0, 0.05) is 29.2 Å². The molecule has 0 saturated carbocycles. The van der Waals surface area contributed by atoms with Crippen molar-refractivity contribution in [3.63, 3.8) is 0 Å². The zero-order valence-corrected chi connectivity index (χ0v) is 10.5. The van der Waals surface area contributed by atoms with Crippen LogP contribution in [0.4, 0.5) is 0 Å². The van der Waals surface area contributed by atoms with Gasteiger partial charge in [-0.25, -0.2) is 0 Å². The highest BCUT2D eigenvalue weighted by Gasteiger charge is 2.07. The van der Waals surface area contributed by atoms with Crippen LogP contribution in [0.1, 0.15) is 30.7 Å². The molecule has 16 heavy (non-hydrogen) atoms. The summed E-state index contributed by atoms with van der Waals surface area (Å²) in [6.45, 7) is 9.56. The van der Waals surface area contributed by atoms with Crippen LogP contribution in [0.5, 0.6) is 0 Å². The van der Waals surface area contributed by atoms with Crippen LogP contribution in [0.15, 0.2) is 18.2 Å². The summed E-state index contributed by atoms with van der Waals surface area (Å²) in [6.07, 6.45) is 0. The lowest BCUT2D eigenvalue weighted by Gasteiger charge is -2.07. The van der Waals surface area contributed by atoms with Gasteiger partial charge in [-0.1, -0.05) is 26.0 Å². The summed E-state index contributed by atoms with van der Waals surface area (Å²) in [5, 5.41) is 4.79. The molecule has 1 aromatic heterocycles. The molecule has 2 N–H and O–H groups in total. The normalized spacial score (nSPS) is 11.6. The predicted molar refractivity (Wildman–Crippen MR) is 69.7 cm³/mol. The number of aromatic amines is 1. The molecule has 0 unspecified atom stereocenters. The first-order valence-electron chi connectivity index (χ1n) is 5.89. The van der Waals surface area contributed by atoms with E-state index in [4.69, 9.17) is 0 Å². The Balaban J connectivity index is 2.36. The molecule has 0 aliphatic carbocycles. The van der Waals surface area contributed by atoms with E-state index in [1.165, 1.54) is 27.7 Å². The molecular weight excluding hydrogens is 196 g/mol. The third kappa shape index (κ3) is 2.12. The van der Waals surface area contributed by atoms with Gasteiger partial charge in [0.2, 0.25) is 0 Å². The fourth-order valence-corrected chi connectivity index (χ4v) is 1.99. The Hall–Kier alpha value is -1.28. The summed E-state index contributed by atoms with van der Waals surface area (Å²) in [5.74, 6) is 0. The van der Waals surface area contributed by atoms with Gasteiger partial charge in [-0.2, -0.15) is 0 Å². The predicted octanol–water partition coefficient (Wildman–Crippen LogP) is 3.28. The van der Waals surface area contributed by atoms with Gasteiger partial charge in [-0.3, -0.25) is 0 Å². The molecule has 1 heterocycles. The minimum Gasteiger partial charge on any atom is -0.357 e. The van der Waals surface area contributed by atoms with Gasteiger partial charge in [0.25, 0.3) is 0 Å². The first kappa shape index (κ1) is 11.2. The largest absolute Gasteiger partial charge is 0.357 e. The average Bonchev–Trinajstić information content (AvgIpc) is 2.52. The molecule has 0 radical (unpaired) electrons. The van der Waals surface area contributed by atoms with Crippen LogP contribution in [-0.4, -0.2) is 11.0 Å². The highest BCUT2D eigenvalue weighted by atomic mass is 14.9.